The lowest BCUT2D eigenvalue weighted by molar-refractivity contribution is 0.0491. The minimum Gasteiger partial charge on any atom is -0.458 e. The highest BCUT2D eigenvalue weighted by molar-refractivity contribution is 5.80. The topological polar surface area (TPSA) is 48.0 Å². The fraction of sp³-hybridized carbons (Fsp3) is 0.281. The van der Waals surface area contributed by atoms with Crippen molar-refractivity contribution in [2.45, 2.75) is 39.7 Å². The van der Waals surface area contributed by atoms with Gasteiger partial charge in [-0.2, -0.15) is 0 Å². The van der Waals surface area contributed by atoms with Crippen LogP contribution in [0, 0.1) is 0 Å². The summed E-state index contributed by atoms with van der Waals surface area (Å²) in [5, 5.41) is 0. The molecule has 0 N–H and O–H groups in total. The maximum atomic E-state index is 12.1. The van der Waals surface area contributed by atoms with Gasteiger partial charge in [-0.15, -0.1) is 0 Å². The lowest BCUT2D eigenvalue weighted by Gasteiger charge is -2.40. The molecule has 0 aliphatic carbocycles. The lowest BCUT2D eigenvalue weighted by Crippen LogP contribution is -2.36. The Kier molecular flexibility index (Phi) is 8.14. The van der Waals surface area contributed by atoms with Gasteiger partial charge in [-0.3, -0.25) is 4.79 Å². The van der Waals surface area contributed by atoms with E-state index in [0.717, 1.165) is 53.9 Å². The van der Waals surface area contributed by atoms with Gasteiger partial charge >= 0.3 is 0 Å². The number of aldehydes is 1. The van der Waals surface area contributed by atoms with Crippen LogP contribution >= 0.6 is 0 Å². The Balaban J connectivity index is 1.95. The molecule has 1 aliphatic rings. The Morgan fingerprint density at radius 3 is 2.30 bits per heavy atom. The normalized spacial score (nSPS) is 16.6. The third kappa shape index (κ3) is 4.79. The number of rotatable bonds is 10. The molecule has 3 aromatic carbocycles. The molecule has 0 saturated carbocycles. The Morgan fingerprint density at radius 2 is 1.65 bits per heavy atom. The van der Waals surface area contributed by atoms with Gasteiger partial charge in [0.25, 0.3) is 0 Å². The third-order valence-electron chi connectivity index (χ3n) is 6.77. The number of anilines is 1. The molecule has 0 radical (unpaired) electrons. The molecule has 0 spiro atoms. The van der Waals surface area contributed by atoms with Gasteiger partial charge in [0.15, 0.2) is 5.60 Å². The van der Waals surface area contributed by atoms with E-state index in [0.29, 0.717) is 22.8 Å². The zero-order valence-corrected chi connectivity index (χ0v) is 22.3. The molecule has 1 unspecified atom stereocenters. The predicted molar refractivity (Wildman–Crippen MR) is 149 cm³/mol. The summed E-state index contributed by atoms with van der Waals surface area (Å²) in [5.74, 6) is 2.75. The highest BCUT2D eigenvalue weighted by Crippen LogP contribution is 2.54. The summed E-state index contributed by atoms with van der Waals surface area (Å²) in [4.78, 5) is 14.4. The van der Waals surface area contributed by atoms with Crippen molar-refractivity contribution < 1.29 is 19.0 Å². The van der Waals surface area contributed by atoms with Gasteiger partial charge in [-0.05, 0) is 63.6 Å². The van der Waals surface area contributed by atoms with Crippen LogP contribution < -0.4 is 14.4 Å². The average Bonchev–Trinajstić information content (AvgIpc) is 2.92. The average molecular weight is 498 g/mol. The van der Waals surface area contributed by atoms with Crippen molar-refractivity contribution in [1.29, 1.82) is 0 Å². The number of nitrogens with zero attached hydrogens (tertiary/aromatic N) is 1. The number of carbonyl (C=O) groups excluding carboxylic acids is 1. The van der Waals surface area contributed by atoms with Crippen LogP contribution in [-0.4, -0.2) is 26.5 Å². The summed E-state index contributed by atoms with van der Waals surface area (Å²) in [5.41, 5.74) is 3.02. The molecular weight excluding hydrogens is 462 g/mol. The van der Waals surface area contributed by atoms with Gasteiger partial charge in [0.1, 0.15) is 29.3 Å². The molecular formula is C32H35NO4. The summed E-state index contributed by atoms with van der Waals surface area (Å²) >= 11 is 0. The van der Waals surface area contributed by atoms with Crippen molar-refractivity contribution in [1.82, 2.24) is 0 Å². The van der Waals surface area contributed by atoms with Crippen molar-refractivity contribution in [3.05, 3.63) is 107 Å². The van der Waals surface area contributed by atoms with Crippen molar-refractivity contribution in [3.63, 3.8) is 0 Å². The standard InChI is InChI=1S/C32H35NO4/c1-6-12-25(13-7-2)36-26-17-19-29-31(21-26)37-30-20-24(33(8-3)9-4)16-18-28(30)32(29,35-5)27-15-11-10-14-23(27)22-34/h6,10-22H,7-9H2,1-5H3/b12-6-,25-13+. The molecule has 4 rings (SSSR count). The van der Waals surface area contributed by atoms with E-state index in [1.165, 1.54) is 0 Å². The van der Waals surface area contributed by atoms with Crippen molar-refractivity contribution in [3.8, 4) is 17.2 Å². The maximum absolute atomic E-state index is 12.1. The highest BCUT2D eigenvalue weighted by atomic mass is 16.5. The van der Waals surface area contributed by atoms with Crippen LogP contribution in [0.1, 0.15) is 61.2 Å². The molecule has 0 bridgehead atoms. The van der Waals surface area contributed by atoms with E-state index in [4.69, 9.17) is 14.2 Å². The highest BCUT2D eigenvalue weighted by Gasteiger charge is 2.46. The molecule has 5 nitrogen and oxygen atoms in total. The Bertz CT molecular complexity index is 1320. The smallest absolute Gasteiger partial charge is 0.151 e. The SMILES string of the molecule is C/C=C\C(=C/CC)Oc1ccc2c(c1)Oc1cc(N(CC)CC)ccc1C2(OC)c1ccccc1C=O. The number of methoxy groups -OCH3 is 1. The van der Waals surface area contributed by atoms with Gasteiger partial charge < -0.3 is 19.1 Å². The Labute approximate surface area is 220 Å². The van der Waals surface area contributed by atoms with E-state index >= 15 is 0 Å². The van der Waals surface area contributed by atoms with Gasteiger partial charge in [0.2, 0.25) is 0 Å². The monoisotopic (exact) mass is 497 g/mol. The van der Waals surface area contributed by atoms with Gasteiger partial charge in [-0.25, -0.2) is 0 Å². The minimum absolute atomic E-state index is 0.567. The second-order valence-electron chi connectivity index (χ2n) is 8.82. The van der Waals surface area contributed by atoms with Crippen molar-refractivity contribution in [2.24, 2.45) is 0 Å². The van der Waals surface area contributed by atoms with Crippen LogP contribution in [0.2, 0.25) is 0 Å². The van der Waals surface area contributed by atoms with E-state index < -0.39 is 5.60 Å². The Hall–Kier alpha value is -3.83. The van der Waals surface area contributed by atoms with E-state index in [1.807, 2.05) is 67.6 Å². The van der Waals surface area contributed by atoms with Crippen LogP contribution in [0.25, 0.3) is 0 Å². The first-order chi connectivity index (χ1) is 18.1. The second kappa shape index (κ2) is 11.5. The molecule has 37 heavy (non-hydrogen) atoms. The first-order valence-electron chi connectivity index (χ1n) is 12.9. The third-order valence-corrected chi connectivity index (χ3v) is 6.77. The van der Waals surface area contributed by atoms with E-state index in [2.05, 4.69) is 43.9 Å². The summed E-state index contributed by atoms with van der Waals surface area (Å²) < 4.78 is 19.1. The molecule has 0 fully saturated rings. The van der Waals surface area contributed by atoms with Crippen molar-refractivity contribution >= 4 is 12.0 Å². The Morgan fingerprint density at radius 1 is 0.946 bits per heavy atom. The maximum Gasteiger partial charge on any atom is 0.151 e. The fourth-order valence-electron chi connectivity index (χ4n) is 5.06. The molecule has 1 aliphatic heterocycles. The van der Waals surface area contributed by atoms with E-state index in [9.17, 15) is 4.79 Å². The molecule has 1 atom stereocenters. The molecule has 5 heteroatoms. The van der Waals surface area contributed by atoms with Crippen LogP contribution in [0.15, 0.2) is 84.7 Å². The minimum atomic E-state index is -1.04. The summed E-state index contributed by atoms with van der Waals surface area (Å²) in [6.07, 6.45) is 7.66. The number of fused-ring (bicyclic) bond motifs is 2. The molecule has 0 aromatic heterocycles. The predicted octanol–water partition coefficient (Wildman–Crippen LogP) is 7.64. The second-order valence-corrected chi connectivity index (χ2v) is 8.82. The number of ether oxygens (including phenoxy) is 3. The van der Waals surface area contributed by atoms with Crippen LogP contribution in [0.4, 0.5) is 5.69 Å². The number of hydrogen-bond acceptors (Lipinski definition) is 5. The van der Waals surface area contributed by atoms with Gasteiger partial charge in [0.05, 0.1) is 0 Å². The summed E-state index contributed by atoms with van der Waals surface area (Å²) in [7, 11) is 1.68. The first-order valence-corrected chi connectivity index (χ1v) is 12.9. The fourth-order valence-corrected chi connectivity index (χ4v) is 5.06. The van der Waals surface area contributed by atoms with Crippen LogP contribution in [0.5, 0.6) is 17.2 Å². The quantitative estimate of drug-likeness (QED) is 0.164. The number of hydrogen-bond donors (Lipinski definition) is 0. The molecule has 3 aromatic rings. The number of carbonyl (C=O) groups is 1. The van der Waals surface area contributed by atoms with Crippen LogP contribution in [0.3, 0.4) is 0 Å². The molecule has 0 amide bonds. The summed E-state index contributed by atoms with van der Waals surface area (Å²) in [6, 6.07) is 19.5. The van der Waals surface area contributed by atoms with Crippen LogP contribution in [-0.2, 0) is 10.3 Å². The zero-order chi connectivity index (χ0) is 26.4. The lowest BCUT2D eigenvalue weighted by atomic mass is 9.76. The van der Waals surface area contributed by atoms with Crippen molar-refractivity contribution in [2.75, 3.05) is 25.1 Å². The first kappa shape index (κ1) is 26.2. The van der Waals surface area contributed by atoms with E-state index in [1.54, 1.807) is 7.11 Å². The number of allylic oxidation sites excluding steroid dienone is 3. The molecule has 0 saturated heterocycles. The van der Waals surface area contributed by atoms with Gasteiger partial charge in [0, 0.05) is 60.3 Å². The van der Waals surface area contributed by atoms with Gasteiger partial charge in [-0.1, -0.05) is 37.3 Å². The summed E-state index contributed by atoms with van der Waals surface area (Å²) in [6.45, 7) is 10.1. The largest absolute Gasteiger partial charge is 0.458 e. The number of benzene rings is 3. The molecule has 192 valence electrons. The van der Waals surface area contributed by atoms with E-state index in [-0.39, 0.29) is 0 Å². The zero-order valence-electron chi connectivity index (χ0n) is 22.3. The molecule has 1 heterocycles.